The van der Waals surface area contributed by atoms with Crippen molar-refractivity contribution in [2.24, 2.45) is 0 Å². The van der Waals surface area contributed by atoms with Gasteiger partial charge in [-0.25, -0.2) is 0 Å². The summed E-state index contributed by atoms with van der Waals surface area (Å²) in [7, 11) is 0. The van der Waals surface area contributed by atoms with Gasteiger partial charge in [-0.05, 0) is 85.3 Å². The fraction of sp³-hybridized carbons (Fsp3) is 0.0909. The van der Waals surface area contributed by atoms with E-state index in [1.54, 1.807) is 104 Å². The highest BCUT2D eigenvalue weighted by Crippen LogP contribution is 2.28. The van der Waals surface area contributed by atoms with E-state index in [-0.39, 0.29) is 22.5 Å². The van der Waals surface area contributed by atoms with E-state index < -0.39 is 17.1 Å². The molecule has 0 aliphatic heterocycles. The van der Waals surface area contributed by atoms with Crippen LogP contribution in [0.5, 0.6) is 0 Å². The number of anilines is 3. The molecule has 0 aliphatic rings. The quantitative estimate of drug-likeness (QED) is 0.105. The predicted octanol–water partition coefficient (Wildman–Crippen LogP) is 7.48. The molecule has 4 N–H and O–H groups in total. The fourth-order valence-corrected chi connectivity index (χ4v) is 5.12. The predicted molar refractivity (Wildman–Crippen MR) is 178 cm³/mol. The van der Waals surface area contributed by atoms with Gasteiger partial charge in [0.25, 0.3) is 11.8 Å². The van der Waals surface area contributed by atoms with E-state index >= 15 is 0 Å². The molecule has 8 nitrogen and oxygen atoms in total. The largest absolute Gasteiger partial charge is 0.326 e. The Labute approximate surface area is 269 Å². The minimum Gasteiger partial charge on any atom is -0.326 e. The van der Waals surface area contributed by atoms with Gasteiger partial charge in [0.15, 0.2) is 0 Å². The number of hydrogen-bond donors (Lipinski definition) is 4. The van der Waals surface area contributed by atoms with Gasteiger partial charge in [-0.2, -0.15) is 0 Å². The molecule has 0 saturated heterocycles. The molecule has 0 aromatic heterocycles. The molecule has 0 aliphatic carbocycles. The summed E-state index contributed by atoms with van der Waals surface area (Å²) in [6.45, 7) is 3.21. The van der Waals surface area contributed by atoms with Crippen LogP contribution in [0.1, 0.15) is 29.8 Å². The highest BCUT2D eigenvalue weighted by Gasteiger charge is 2.18. The number of thioether (sulfide) groups is 1. The van der Waals surface area contributed by atoms with Crippen LogP contribution in [0.15, 0.2) is 108 Å². The van der Waals surface area contributed by atoms with Gasteiger partial charge in [0.2, 0.25) is 11.8 Å². The van der Waals surface area contributed by atoms with Crippen LogP contribution in [-0.2, 0) is 14.4 Å². The van der Waals surface area contributed by atoms with Crippen molar-refractivity contribution < 1.29 is 19.2 Å². The van der Waals surface area contributed by atoms with E-state index in [0.29, 0.717) is 33.2 Å². The second-order valence-electron chi connectivity index (χ2n) is 9.51. The molecule has 0 spiro atoms. The highest BCUT2D eigenvalue weighted by atomic mass is 35.5. The minimum absolute atomic E-state index is 0.0307. The third kappa shape index (κ3) is 9.21. The fourth-order valence-electron chi connectivity index (χ4n) is 3.89. The molecule has 4 aromatic carbocycles. The highest BCUT2D eigenvalue weighted by molar-refractivity contribution is 8.00. The maximum absolute atomic E-state index is 13.3. The zero-order valence-electron chi connectivity index (χ0n) is 23.7. The van der Waals surface area contributed by atoms with Crippen molar-refractivity contribution in [3.8, 4) is 0 Å². The Morgan fingerprint density at radius 2 is 1.32 bits per heavy atom. The van der Waals surface area contributed by atoms with Gasteiger partial charge in [0, 0.05) is 34.4 Å². The summed E-state index contributed by atoms with van der Waals surface area (Å²) < 4.78 is 0. The molecular weight excluding hydrogens is 619 g/mol. The number of hydrogen-bond acceptors (Lipinski definition) is 5. The maximum atomic E-state index is 13.3. The third-order valence-electron chi connectivity index (χ3n) is 6.08. The van der Waals surface area contributed by atoms with Crippen LogP contribution >= 0.6 is 35.0 Å². The molecule has 224 valence electrons. The molecule has 0 heterocycles. The number of amides is 4. The van der Waals surface area contributed by atoms with E-state index in [1.165, 1.54) is 24.8 Å². The molecule has 1 unspecified atom stereocenters. The number of carbonyl (C=O) groups excluding carboxylic acids is 4. The molecule has 44 heavy (non-hydrogen) atoms. The van der Waals surface area contributed by atoms with Crippen molar-refractivity contribution in [1.82, 2.24) is 5.32 Å². The standard InChI is InChI=1S/C33H28Cl2N4O4S/c1-20(31(41)37-25-13-11-24(12-14-25)36-21(2)40)44-27-17-15-26(16-18-27)38-33(43)29(19-23-9-6-10-28(34)30(23)35)39-32(42)22-7-4-3-5-8-22/h3-20H,1-2H3,(H,36,40)(H,37,41)(H,38,43)(H,39,42)/b29-19-. The molecular formula is C33H28Cl2N4O4S. The average Bonchev–Trinajstić information content (AvgIpc) is 3.01. The van der Waals surface area contributed by atoms with Crippen molar-refractivity contribution in [3.63, 3.8) is 0 Å². The van der Waals surface area contributed by atoms with Crippen LogP contribution in [0.3, 0.4) is 0 Å². The van der Waals surface area contributed by atoms with Gasteiger partial charge in [0.1, 0.15) is 5.70 Å². The van der Waals surface area contributed by atoms with Crippen LogP contribution in [0.4, 0.5) is 17.1 Å². The molecule has 4 rings (SSSR count). The summed E-state index contributed by atoms with van der Waals surface area (Å²) in [5.74, 6) is -1.40. The topological polar surface area (TPSA) is 116 Å². The lowest BCUT2D eigenvalue weighted by atomic mass is 10.1. The normalized spacial score (nSPS) is 11.7. The summed E-state index contributed by atoms with van der Waals surface area (Å²) in [5.41, 5.74) is 2.53. The summed E-state index contributed by atoms with van der Waals surface area (Å²) in [5, 5.41) is 11.1. The second kappa shape index (κ2) is 15.2. The monoisotopic (exact) mass is 646 g/mol. The number of rotatable bonds is 10. The average molecular weight is 648 g/mol. The van der Waals surface area contributed by atoms with Crippen molar-refractivity contribution in [2.45, 2.75) is 24.0 Å². The Balaban J connectivity index is 1.42. The summed E-state index contributed by atoms with van der Waals surface area (Å²) in [4.78, 5) is 50.9. The Morgan fingerprint density at radius 3 is 1.95 bits per heavy atom. The van der Waals surface area contributed by atoms with Gasteiger partial charge in [0.05, 0.1) is 15.3 Å². The molecule has 0 radical (unpaired) electrons. The first kappa shape index (κ1) is 32.3. The van der Waals surface area contributed by atoms with Crippen LogP contribution in [0.25, 0.3) is 6.08 Å². The van der Waals surface area contributed by atoms with E-state index in [2.05, 4.69) is 21.3 Å². The van der Waals surface area contributed by atoms with Crippen LogP contribution in [-0.4, -0.2) is 28.9 Å². The van der Waals surface area contributed by atoms with Gasteiger partial charge in [-0.1, -0.05) is 53.5 Å². The lowest BCUT2D eigenvalue weighted by Gasteiger charge is -2.14. The Morgan fingerprint density at radius 1 is 0.727 bits per heavy atom. The first-order chi connectivity index (χ1) is 21.1. The first-order valence-corrected chi connectivity index (χ1v) is 15.0. The molecule has 4 aromatic rings. The van der Waals surface area contributed by atoms with Gasteiger partial charge >= 0.3 is 0 Å². The molecule has 1 atom stereocenters. The Kier molecular flexibility index (Phi) is 11.2. The van der Waals surface area contributed by atoms with Crippen molar-refractivity contribution >= 4 is 81.7 Å². The van der Waals surface area contributed by atoms with E-state index in [4.69, 9.17) is 23.2 Å². The summed E-state index contributed by atoms with van der Waals surface area (Å²) in [6.07, 6.45) is 1.46. The number of nitrogens with one attached hydrogen (secondary N) is 4. The number of benzene rings is 4. The van der Waals surface area contributed by atoms with E-state index in [0.717, 1.165) is 4.90 Å². The van der Waals surface area contributed by atoms with Gasteiger partial charge < -0.3 is 21.3 Å². The lowest BCUT2D eigenvalue weighted by Crippen LogP contribution is -2.30. The molecule has 0 saturated carbocycles. The van der Waals surface area contributed by atoms with Crippen LogP contribution in [0.2, 0.25) is 10.0 Å². The smallest absolute Gasteiger partial charge is 0.272 e. The summed E-state index contributed by atoms with van der Waals surface area (Å²) >= 11 is 13.8. The Hall–Kier alpha value is -4.57. The second-order valence-corrected chi connectivity index (χ2v) is 11.7. The van der Waals surface area contributed by atoms with Crippen LogP contribution in [0, 0.1) is 0 Å². The number of halogens is 2. The van der Waals surface area contributed by atoms with E-state index in [1.807, 2.05) is 0 Å². The third-order valence-corrected chi connectivity index (χ3v) is 8.02. The Bertz CT molecular complexity index is 1700. The van der Waals surface area contributed by atoms with Crippen molar-refractivity contribution in [2.75, 3.05) is 16.0 Å². The van der Waals surface area contributed by atoms with Crippen LogP contribution < -0.4 is 21.3 Å². The zero-order valence-corrected chi connectivity index (χ0v) is 26.0. The van der Waals surface area contributed by atoms with E-state index in [9.17, 15) is 19.2 Å². The van der Waals surface area contributed by atoms with Gasteiger partial charge in [-0.3, -0.25) is 19.2 Å². The summed E-state index contributed by atoms with van der Waals surface area (Å²) in [6, 6.07) is 27.3. The first-order valence-electron chi connectivity index (χ1n) is 13.4. The minimum atomic E-state index is -0.567. The molecule has 0 fully saturated rings. The molecule has 0 bridgehead atoms. The molecule has 11 heteroatoms. The van der Waals surface area contributed by atoms with Crippen molar-refractivity contribution in [3.05, 3.63) is 124 Å². The van der Waals surface area contributed by atoms with Crippen molar-refractivity contribution in [1.29, 1.82) is 0 Å². The SMILES string of the molecule is CC(=O)Nc1ccc(NC(=O)C(C)Sc2ccc(NC(=O)/C(=C/c3cccc(Cl)c3Cl)NC(=O)c3ccccc3)cc2)cc1. The number of carbonyl (C=O) groups is 4. The molecule has 4 amide bonds. The zero-order chi connectivity index (χ0) is 31.6. The van der Waals surface area contributed by atoms with Gasteiger partial charge in [-0.15, -0.1) is 11.8 Å². The maximum Gasteiger partial charge on any atom is 0.272 e. The lowest BCUT2D eigenvalue weighted by molar-refractivity contribution is -0.115.